The molecule has 3 aromatic carbocycles. The third kappa shape index (κ3) is 3.76. The van der Waals surface area contributed by atoms with Crippen LogP contribution >= 0.6 is 0 Å². The third-order valence-electron chi connectivity index (χ3n) is 5.72. The quantitative estimate of drug-likeness (QED) is 0.391. The molecular weight excluding hydrogens is 390 g/mol. The molecule has 0 aromatic heterocycles. The highest BCUT2D eigenvalue weighted by atomic mass is 16.7. The molecule has 0 radical (unpaired) electrons. The summed E-state index contributed by atoms with van der Waals surface area (Å²) in [6.45, 7) is 0.640. The first-order chi connectivity index (χ1) is 15.2. The molecule has 2 heterocycles. The summed E-state index contributed by atoms with van der Waals surface area (Å²) in [6, 6.07) is 27.0. The second-order valence-electron chi connectivity index (χ2n) is 7.63. The molecule has 0 N–H and O–H groups in total. The zero-order valence-electron chi connectivity index (χ0n) is 16.8. The Balaban J connectivity index is 1.69. The van der Waals surface area contributed by atoms with Crippen LogP contribution < -0.4 is 0 Å². The van der Waals surface area contributed by atoms with Crippen LogP contribution in [-0.2, 0) is 9.47 Å². The first-order valence-corrected chi connectivity index (χ1v) is 10.3. The number of nitro benzene ring substituents is 1. The molecule has 0 aliphatic carbocycles. The van der Waals surface area contributed by atoms with Crippen LogP contribution in [0.2, 0.25) is 0 Å². The van der Waals surface area contributed by atoms with Gasteiger partial charge in [0.25, 0.3) is 5.69 Å². The SMILES string of the molecule is O=[N+]([O-])c1cccc(C2=C(C=C(c3ccccc3)c3ccccc3)[C@@H]3CCO[C@@H]3O2)c1. The lowest BCUT2D eigenvalue weighted by Gasteiger charge is -2.12. The second kappa shape index (κ2) is 8.20. The highest BCUT2D eigenvalue weighted by Gasteiger charge is 2.41. The van der Waals surface area contributed by atoms with Crippen molar-refractivity contribution in [2.45, 2.75) is 12.7 Å². The summed E-state index contributed by atoms with van der Waals surface area (Å²) >= 11 is 0. The van der Waals surface area contributed by atoms with Crippen LogP contribution in [0.25, 0.3) is 11.3 Å². The van der Waals surface area contributed by atoms with Gasteiger partial charge in [-0.1, -0.05) is 72.8 Å². The molecule has 3 aromatic rings. The van der Waals surface area contributed by atoms with Crippen molar-refractivity contribution in [2.75, 3.05) is 6.61 Å². The Hall–Kier alpha value is -3.70. The lowest BCUT2D eigenvalue weighted by molar-refractivity contribution is -0.384. The van der Waals surface area contributed by atoms with Gasteiger partial charge in [0.1, 0.15) is 5.76 Å². The van der Waals surface area contributed by atoms with Crippen molar-refractivity contribution >= 4 is 17.0 Å². The molecule has 154 valence electrons. The van der Waals surface area contributed by atoms with E-state index >= 15 is 0 Å². The largest absolute Gasteiger partial charge is 0.463 e. The Morgan fingerprint density at radius 3 is 2.26 bits per heavy atom. The molecule has 5 heteroatoms. The van der Waals surface area contributed by atoms with Gasteiger partial charge in [-0.2, -0.15) is 0 Å². The van der Waals surface area contributed by atoms with Gasteiger partial charge >= 0.3 is 0 Å². The summed E-state index contributed by atoms with van der Waals surface area (Å²) in [5, 5.41) is 11.3. The van der Waals surface area contributed by atoms with Crippen LogP contribution in [0.5, 0.6) is 0 Å². The minimum Gasteiger partial charge on any atom is -0.463 e. The van der Waals surface area contributed by atoms with Crippen LogP contribution in [0.1, 0.15) is 23.1 Å². The van der Waals surface area contributed by atoms with E-state index < -0.39 is 0 Å². The Kier molecular flexibility index (Phi) is 5.10. The Labute approximate surface area is 180 Å². The van der Waals surface area contributed by atoms with Gasteiger partial charge in [-0.25, -0.2) is 0 Å². The highest BCUT2D eigenvalue weighted by molar-refractivity contribution is 5.84. The van der Waals surface area contributed by atoms with Crippen molar-refractivity contribution in [2.24, 2.45) is 5.92 Å². The van der Waals surface area contributed by atoms with Crippen LogP contribution in [0.15, 0.2) is 96.6 Å². The average molecular weight is 411 g/mol. The van der Waals surface area contributed by atoms with E-state index in [4.69, 9.17) is 9.47 Å². The van der Waals surface area contributed by atoms with Gasteiger partial charge in [0, 0.05) is 23.3 Å². The van der Waals surface area contributed by atoms with E-state index in [0.717, 1.165) is 28.7 Å². The Morgan fingerprint density at radius 1 is 0.935 bits per heavy atom. The van der Waals surface area contributed by atoms with Crippen molar-refractivity contribution in [3.63, 3.8) is 0 Å². The fraction of sp³-hybridized carbons (Fsp3) is 0.154. The minimum absolute atomic E-state index is 0.0428. The van der Waals surface area contributed by atoms with E-state index in [0.29, 0.717) is 17.9 Å². The van der Waals surface area contributed by atoms with Gasteiger partial charge in [-0.15, -0.1) is 0 Å². The molecule has 2 aliphatic heterocycles. The topological polar surface area (TPSA) is 61.6 Å². The van der Waals surface area contributed by atoms with E-state index in [2.05, 4.69) is 30.3 Å². The molecule has 0 bridgehead atoms. The predicted octanol–water partition coefficient (Wildman–Crippen LogP) is 5.83. The fourth-order valence-electron chi connectivity index (χ4n) is 4.23. The number of benzene rings is 3. The zero-order valence-corrected chi connectivity index (χ0v) is 16.8. The van der Waals surface area contributed by atoms with Gasteiger partial charge in [-0.3, -0.25) is 10.1 Å². The molecule has 31 heavy (non-hydrogen) atoms. The Morgan fingerprint density at radius 2 is 1.61 bits per heavy atom. The molecule has 1 fully saturated rings. The monoisotopic (exact) mass is 411 g/mol. The molecule has 0 unspecified atom stereocenters. The number of allylic oxidation sites excluding steroid dienone is 1. The molecule has 5 nitrogen and oxygen atoms in total. The lowest BCUT2D eigenvalue weighted by atomic mass is 9.89. The summed E-state index contributed by atoms with van der Waals surface area (Å²) in [5.41, 5.74) is 5.03. The maximum Gasteiger partial charge on any atom is 0.270 e. The number of fused-ring (bicyclic) bond motifs is 1. The van der Waals surface area contributed by atoms with E-state index in [1.165, 1.54) is 6.07 Å². The number of hydrogen-bond acceptors (Lipinski definition) is 4. The van der Waals surface area contributed by atoms with Crippen LogP contribution in [0.4, 0.5) is 5.69 Å². The molecule has 0 spiro atoms. The number of nitrogens with zero attached hydrogens (tertiary/aromatic N) is 1. The third-order valence-corrected chi connectivity index (χ3v) is 5.72. The smallest absolute Gasteiger partial charge is 0.270 e. The van der Waals surface area contributed by atoms with Gasteiger partial charge in [-0.05, 0) is 29.2 Å². The Bertz CT molecular complexity index is 1130. The number of nitro groups is 1. The summed E-state index contributed by atoms with van der Waals surface area (Å²) in [5.74, 6) is 0.749. The van der Waals surface area contributed by atoms with E-state index in [9.17, 15) is 10.1 Å². The first-order valence-electron chi connectivity index (χ1n) is 10.3. The van der Waals surface area contributed by atoms with Gasteiger partial charge in [0.2, 0.25) is 6.29 Å². The molecule has 2 aliphatic rings. The highest BCUT2D eigenvalue weighted by Crippen LogP contribution is 2.45. The number of ether oxygens (including phenoxy) is 2. The molecule has 0 saturated carbocycles. The molecule has 2 atom stereocenters. The molecule has 5 rings (SSSR count). The summed E-state index contributed by atoms with van der Waals surface area (Å²) in [7, 11) is 0. The van der Waals surface area contributed by atoms with Crippen molar-refractivity contribution in [3.05, 3.63) is 123 Å². The van der Waals surface area contributed by atoms with E-state index in [1.54, 1.807) is 12.1 Å². The lowest BCUT2D eigenvalue weighted by Crippen LogP contribution is -2.12. The summed E-state index contributed by atoms with van der Waals surface area (Å²) in [4.78, 5) is 10.9. The maximum atomic E-state index is 11.3. The predicted molar refractivity (Wildman–Crippen MR) is 119 cm³/mol. The van der Waals surface area contributed by atoms with E-state index in [-0.39, 0.29) is 22.8 Å². The van der Waals surface area contributed by atoms with Gasteiger partial charge < -0.3 is 9.47 Å². The van der Waals surface area contributed by atoms with Crippen LogP contribution in [-0.4, -0.2) is 17.8 Å². The second-order valence-corrected chi connectivity index (χ2v) is 7.63. The zero-order chi connectivity index (χ0) is 21.2. The first kappa shape index (κ1) is 19.3. The normalized spacial score (nSPS) is 19.6. The van der Waals surface area contributed by atoms with Crippen molar-refractivity contribution in [1.29, 1.82) is 0 Å². The van der Waals surface area contributed by atoms with Crippen LogP contribution in [0.3, 0.4) is 0 Å². The van der Waals surface area contributed by atoms with Gasteiger partial charge in [0.15, 0.2) is 0 Å². The molecule has 1 saturated heterocycles. The number of rotatable bonds is 5. The van der Waals surface area contributed by atoms with E-state index in [1.807, 2.05) is 42.5 Å². The minimum atomic E-state index is -0.384. The standard InChI is InChI=1S/C26H21NO4/c28-27(29)21-13-7-12-20(16-21)25-24(22-14-15-30-26(22)31-25)17-23(18-8-3-1-4-9-18)19-10-5-2-6-11-19/h1-13,16-17,22,26H,14-15H2/t22-,26+/m0/s1. The summed E-state index contributed by atoms with van der Waals surface area (Å²) in [6.07, 6.45) is 2.66. The van der Waals surface area contributed by atoms with Crippen molar-refractivity contribution in [1.82, 2.24) is 0 Å². The number of non-ortho nitro benzene ring substituents is 1. The summed E-state index contributed by atoms with van der Waals surface area (Å²) < 4.78 is 12.0. The van der Waals surface area contributed by atoms with Gasteiger partial charge in [0.05, 0.1) is 17.4 Å². The van der Waals surface area contributed by atoms with Crippen molar-refractivity contribution in [3.8, 4) is 0 Å². The fourth-order valence-corrected chi connectivity index (χ4v) is 4.23. The molecule has 0 amide bonds. The maximum absolute atomic E-state index is 11.3. The molecular formula is C26H21NO4. The van der Waals surface area contributed by atoms with Crippen LogP contribution in [0, 0.1) is 16.0 Å². The average Bonchev–Trinajstić information content (AvgIpc) is 3.41. The number of hydrogen-bond donors (Lipinski definition) is 0. The van der Waals surface area contributed by atoms with Crippen molar-refractivity contribution < 1.29 is 14.4 Å².